The van der Waals surface area contributed by atoms with E-state index < -0.39 is 0 Å². The largest absolute Gasteiger partial charge is 0.310 e. The Morgan fingerprint density at radius 1 is 0.243 bits per heavy atom. The van der Waals surface area contributed by atoms with Gasteiger partial charge in [0.15, 0.2) is 0 Å². The van der Waals surface area contributed by atoms with Crippen molar-refractivity contribution >= 4 is 66.4 Å². The fourth-order valence-electron chi connectivity index (χ4n) is 12.5. The third-order valence-electron chi connectivity index (χ3n) is 16.4. The summed E-state index contributed by atoms with van der Waals surface area (Å²) in [6, 6.07) is 94.4. The Hall–Kier alpha value is -8.98. The van der Waals surface area contributed by atoms with Crippen LogP contribution in [0, 0.1) is 0 Å². The van der Waals surface area contributed by atoms with Gasteiger partial charge < -0.3 is 9.80 Å². The molecule has 2 nitrogen and oxygen atoms in total. The minimum absolute atomic E-state index is 0.211. The van der Waals surface area contributed by atoms with Crippen LogP contribution < -0.4 is 9.80 Å². The highest BCUT2D eigenvalue weighted by molar-refractivity contribution is 6.11. The second-order valence-electron chi connectivity index (χ2n) is 21.3. The summed E-state index contributed by atoms with van der Waals surface area (Å²) in [5.41, 5.74) is 22.0. The van der Waals surface area contributed by atoms with E-state index in [1.807, 2.05) is 0 Å². The molecule has 2 aliphatic rings. The topological polar surface area (TPSA) is 6.48 Å². The predicted molar refractivity (Wildman–Crippen MR) is 314 cm³/mol. The zero-order chi connectivity index (χ0) is 49.7. The normalized spacial score (nSPS) is 13.6. The molecule has 0 unspecified atom stereocenters. The van der Waals surface area contributed by atoms with E-state index in [4.69, 9.17) is 0 Å². The van der Waals surface area contributed by atoms with Crippen LogP contribution in [0.3, 0.4) is 0 Å². The van der Waals surface area contributed by atoms with Crippen molar-refractivity contribution < 1.29 is 0 Å². The van der Waals surface area contributed by atoms with Gasteiger partial charge in [0.1, 0.15) is 0 Å². The van der Waals surface area contributed by atoms with Gasteiger partial charge in [-0.2, -0.15) is 0 Å². The molecule has 352 valence electrons. The molecular weight excluding hydrogens is 893 g/mol. The number of fused-ring (bicyclic) bond motifs is 11. The highest BCUT2D eigenvalue weighted by atomic mass is 15.1. The molecule has 0 spiro atoms. The van der Waals surface area contributed by atoms with Gasteiger partial charge >= 0.3 is 0 Å². The van der Waals surface area contributed by atoms with Crippen molar-refractivity contribution in [1.82, 2.24) is 0 Å². The Labute approximate surface area is 434 Å². The van der Waals surface area contributed by atoms with E-state index in [2.05, 4.69) is 292 Å². The third-order valence-corrected chi connectivity index (χ3v) is 16.4. The van der Waals surface area contributed by atoms with Crippen LogP contribution in [-0.4, -0.2) is 0 Å². The van der Waals surface area contributed by atoms with E-state index in [1.54, 1.807) is 0 Å². The molecule has 0 radical (unpaired) electrons. The van der Waals surface area contributed by atoms with Gasteiger partial charge in [-0.3, -0.25) is 0 Å². The van der Waals surface area contributed by atoms with Gasteiger partial charge in [0, 0.05) is 45.0 Å². The zero-order valence-electron chi connectivity index (χ0n) is 42.1. The first-order chi connectivity index (χ1) is 36.2. The number of nitrogens with zero attached hydrogens (tertiary/aromatic N) is 2. The van der Waals surface area contributed by atoms with Gasteiger partial charge in [-0.05, 0) is 184 Å². The fourth-order valence-corrected chi connectivity index (χ4v) is 12.5. The molecule has 0 N–H and O–H groups in total. The predicted octanol–water partition coefficient (Wildman–Crippen LogP) is 20.0. The van der Waals surface area contributed by atoms with E-state index in [1.165, 1.54) is 99.1 Å². The van der Waals surface area contributed by atoms with E-state index in [-0.39, 0.29) is 10.8 Å². The summed E-state index contributed by atoms with van der Waals surface area (Å²) in [6.45, 7) is 9.62. The van der Waals surface area contributed by atoms with Crippen molar-refractivity contribution in [2.24, 2.45) is 0 Å². The van der Waals surface area contributed by atoms with Crippen LogP contribution in [0.4, 0.5) is 34.1 Å². The van der Waals surface area contributed by atoms with Crippen LogP contribution >= 0.6 is 0 Å². The first kappa shape index (κ1) is 43.8. The molecule has 0 fully saturated rings. The average molecular weight is 947 g/mol. The van der Waals surface area contributed by atoms with Gasteiger partial charge in [-0.25, -0.2) is 0 Å². The van der Waals surface area contributed by atoms with E-state index in [9.17, 15) is 0 Å². The molecule has 2 heteroatoms. The van der Waals surface area contributed by atoms with Crippen molar-refractivity contribution in [3.63, 3.8) is 0 Å². The van der Waals surface area contributed by atoms with Crippen molar-refractivity contribution in [3.05, 3.63) is 277 Å². The molecule has 0 atom stereocenters. The van der Waals surface area contributed by atoms with Crippen LogP contribution in [0.25, 0.3) is 76.8 Å². The van der Waals surface area contributed by atoms with Crippen molar-refractivity contribution in [1.29, 1.82) is 0 Å². The number of para-hydroxylation sites is 2. The fraction of sp³-hybridized carbons (Fsp3) is 0.0833. The Bertz CT molecular complexity index is 3890. The van der Waals surface area contributed by atoms with Crippen molar-refractivity contribution in [3.8, 4) is 44.5 Å². The maximum Gasteiger partial charge on any atom is 0.0465 e. The monoisotopic (exact) mass is 946 g/mol. The minimum Gasteiger partial charge on any atom is -0.310 e. The molecular formula is C72H54N2. The smallest absolute Gasteiger partial charge is 0.0465 e. The second kappa shape index (κ2) is 16.8. The number of hydrogen-bond donors (Lipinski definition) is 0. The molecule has 12 aromatic rings. The molecule has 0 bridgehead atoms. The van der Waals surface area contributed by atoms with E-state index in [0.29, 0.717) is 0 Å². The lowest BCUT2D eigenvalue weighted by Crippen LogP contribution is -2.17. The number of rotatable bonds is 8. The van der Waals surface area contributed by atoms with Crippen LogP contribution in [-0.2, 0) is 10.8 Å². The summed E-state index contributed by atoms with van der Waals surface area (Å²) in [4.78, 5) is 4.81. The van der Waals surface area contributed by atoms with Crippen molar-refractivity contribution in [2.75, 3.05) is 9.80 Å². The quantitative estimate of drug-likeness (QED) is 0.150. The molecule has 0 aliphatic heterocycles. The molecule has 12 aromatic carbocycles. The standard InChI is InChI=1S/C72H54N2/c1-71(2)65-41-39-62-61(69(65)63-37-35-59(45-67(63)71)73(55-19-7-5-8-20-55)57-31-27-49(28-32-57)53-25-23-47-15-11-13-17-51(47)43-53)40-42-66-70(62)64-38-36-60(46-68(64)72(66,3)4)74(56-21-9-6-10-22-56)58-33-29-50(30-34-58)54-26-24-48-16-12-14-18-52(48)44-54/h5-46H,1-4H3. The zero-order valence-corrected chi connectivity index (χ0v) is 42.1. The van der Waals surface area contributed by atoms with E-state index >= 15 is 0 Å². The molecule has 0 amide bonds. The molecule has 2 aliphatic carbocycles. The Kier molecular flexibility index (Phi) is 9.94. The summed E-state index contributed by atoms with van der Waals surface area (Å²) >= 11 is 0. The lowest BCUT2D eigenvalue weighted by Gasteiger charge is -2.28. The number of hydrogen-bond acceptors (Lipinski definition) is 2. The molecule has 0 aromatic heterocycles. The van der Waals surface area contributed by atoms with Gasteiger partial charge in [0.05, 0.1) is 0 Å². The Balaban J connectivity index is 0.836. The van der Waals surface area contributed by atoms with Crippen LogP contribution in [0.1, 0.15) is 49.9 Å². The minimum atomic E-state index is -0.211. The summed E-state index contributed by atoms with van der Waals surface area (Å²) in [5.74, 6) is 0. The molecule has 0 saturated heterocycles. The highest BCUT2D eigenvalue weighted by Crippen LogP contribution is 2.58. The van der Waals surface area contributed by atoms with Gasteiger partial charge in [0.2, 0.25) is 0 Å². The maximum atomic E-state index is 2.45. The molecule has 0 saturated carbocycles. The van der Waals surface area contributed by atoms with Crippen molar-refractivity contribution in [2.45, 2.75) is 38.5 Å². The summed E-state index contributed by atoms with van der Waals surface area (Å²) in [7, 11) is 0. The van der Waals surface area contributed by atoms with Crippen LogP contribution in [0.5, 0.6) is 0 Å². The Morgan fingerprint density at radius 2 is 0.581 bits per heavy atom. The summed E-state index contributed by atoms with van der Waals surface area (Å²) in [5, 5.41) is 7.65. The first-order valence-electron chi connectivity index (χ1n) is 26.0. The third kappa shape index (κ3) is 6.93. The van der Waals surface area contributed by atoms with Gasteiger partial charge in [-0.1, -0.05) is 198 Å². The maximum absolute atomic E-state index is 2.45. The number of anilines is 6. The lowest BCUT2D eigenvalue weighted by molar-refractivity contribution is 0.660. The number of benzene rings is 12. The van der Waals surface area contributed by atoms with Crippen LogP contribution in [0.15, 0.2) is 255 Å². The van der Waals surface area contributed by atoms with Gasteiger partial charge in [0.25, 0.3) is 0 Å². The highest BCUT2D eigenvalue weighted by Gasteiger charge is 2.41. The second-order valence-corrected chi connectivity index (χ2v) is 21.3. The van der Waals surface area contributed by atoms with E-state index in [0.717, 1.165) is 34.1 Å². The average Bonchev–Trinajstić information content (AvgIpc) is 3.83. The Morgan fingerprint density at radius 3 is 0.986 bits per heavy atom. The van der Waals surface area contributed by atoms with Crippen LogP contribution in [0.2, 0.25) is 0 Å². The molecule has 0 heterocycles. The van der Waals surface area contributed by atoms with Gasteiger partial charge in [-0.15, -0.1) is 0 Å². The molecule has 74 heavy (non-hydrogen) atoms. The SMILES string of the molecule is CC1(C)c2cc(N(c3ccccc3)c3ccc(-c4ccc5ccccc5c4)cc3)ccc2-c2c1ccc1c3c(ccc21)C(C)(C)c1cc(N(c2ccccc2)c2ccc(-c4ccc5ccccc5c4)cc2)ccc1-3. The first-order valence-corrected chi connectivity index (χ1v) is 26.0. The molecule has 14 rings (SSSR count). The summed E-state index contributed by atoms with van der Waals surface area (Å²) < 4.78 is 0. The lowest BCUT2D eigenvalue weighted by atomic mass is 9.80. The summed E-state index contributed by atoms with van der Waals surface area (Å²) in [6.07, 6.45) is 0.